The van der Waals surface area contributed by atoms with Crippen molar-refractivity contribution in [3.05, 3.63) is 17.7 Å². The molecule has 0 spiro atoms. The average molecular weight is 236 g/mol. The number of carbonyl (C=O) groups excluding carboxylic acids is 1. The molecular weight excluding hydrogens is 220 g/mol. The Hall–Kier alpha value is -1.71. The molecule has 4 nitrogen and oxygen atoms in total. The second kappa shape index (κ2) is 4.65. The molecule has 1 aromatic rings. The predicted molar refractivity (Wildman–Crippen MR) is 63.0 cm³/mol. The quantitative estimate of drug-likeness (QED) is 0.734. The molecule has 1 aliphatic carbocycles. The molecule has 17 heavy (non-hydrogen) atoms. The molecule has 0 radical (unpaired) electrons. The summed E-state index contributed by atoms with van der Waals surface area (Å²) >= 11 is 0. The lowest BCUT2D eigenvalue weighted by Gasteiger charge is -2.15. The fourth-order valence-electron chi connectivity index (χ4n) is 2.14. The van der Waals surface area contributed by atoms with Crippen LogP contribution < -0.4 is 14.2 Å². The zero-order valence-electron chi connectivity index (χ0n) is 10.2. The van der Waals surface area contributed by atoms with Crippen molar-refractivity contribution in [2.75, 3.05) is 21.3 Å². The second-order valence-electron chi connectivity index (χ2n) is 4.07. The van der Waals surface area contributed by atoms with Crippen LogP contribution in [0.4, 0.5) is 0 Å². The SMILES string of the molecule is COc1ccc(C2CC2C=O)c(OC)c1OC. The number of benzene rings is 1. The lowest BCUT2D eigenvalue weighted by molar-refractivity contribution is -0.108. The summed E-state index contributed by atoms with van der Waals surface area (Å²) in [5, 5.41) is 0. The van der Waals surface area contributed by atoms with Gasteiger partial charge in [-0.2, -0.15) is 0 Å². The number of hydrogen-bond acceptors (Lipinski definition) is 4. The first-order valence-electron chi connectivity index (χ1n) is 5.51. The maximum absolute atomic E-state index is 10.7. The maximum Gasteiger partial charge on any atom is 0.203 e. The molecule has 0 aromatic heterocycles. The van der Waals surface area contributed by atoms with E-state index in [1.807, 2.05) is 12.1 Å². The Morgan fingerprint density at radius 2 is 1.82 bits per heavy atom. The summed E-state index contributed by atoms with van der Waals surface area (Å²) in [7, 11) is 4.76. The smallest absolute Gasteiger partial charge is 0.203 e. The van der Waals surface area contributed by atoms with Crippen LogP contribution in [0.15, 0.2) is 12.1 Å². The molecule has 1 saturated carbocycles. The van der Waals surface area contributed by atoms with E-state index in [2.05, 4.69) is 0 Å². The van der Waals surface area contributed by atoms with Gasteiger partial charge in [-0.15, -0.1) is 0 Å². The molecular formula is C13H16O4. The molecule has 1 aromatic carbocycles. The van der Waals surface area contributed by atoms with Gasteiger partial charge in [0.2, 0.25) is 5.75 Å². The number of carbonyl (C=O) groups is 1. The monoisotopic (exact) mass is 236 g/mol. The summed E-state index contributed by atoms with van der Waals surface area (Å²) in [4.78, 5) is 10.7. The number of hydrogen-bond donors (Lipinski definition) is 0. The van der Waals surface area contributed by atoms with Crippen LogP contribution in [0.3, 0.4) is 0 Å². The first-order valence-corrected chi connectivity index (χ1v) is 5.51. The molecule has 0 amide bonds. The molecule has 0 bridgehead atoms. The van der Waals surface area contributed by atoms with Gasteiger partial charge in [0, 0.05) is 11.5 Å². The zero-order valence-corrected chi connectivity index (χ0v) is 10.2. The van der Waals surface area contributed by atoms with Gasteiger partial charge in [0.1, 0.15) is 6.29 Å². The molecule has 2 unspecified atom stereocenters. The first-order chi connectivity index (χ1) is 8.26. The third-order valence-corrected chi connectivity index (χ3v) is 3.15. The minimum absolute atomic E-state index is 0.113. The first kappa shape index (κ1) is 11.8. The van der Waals surface area contributed by atoms with Crippen LogP contribution in [0.5, 0.6) is 17.2 Å². The second-order valence-corrected chi connectivity index (χ2v) is 4.07. The molecule has 4 heteroatoms. The van der Waals surface area contributed by atoms with E-state index in [4.69, 9.17) is 14.2 Å². The molecule has 2 atom stereocenters. The van der Waals surface area contributed by atoms with Crippen LogP contribution in [0.25, 0.3) is 0 Å². The highest BCUT2D eigenvalue weighted by atomic mass is 16.5. The van der Waals surface area contributed by atoms with Gasteiger partial charge in [0.05, 0.1) is 21.3 Å². The van der Waals surface area contributed by atoms with Gasteiger partial charge in [-0.1, -0.05) is 6.07 Å². The molecule has 1 aliphatic rings. The van der Waals surface area contributed by atoms with Gasteiger partial charge in [-0.3, -0.25) is 0 Å². The zero-order chi connectivity index (χ0) is 12.4. The third kappa shape index (κ3) is 1.95. The Kier molecular flexibility index (Phi) is 3.22. The number of aldehydes is 1. The standard InChI is InChI=1S/C13H16O4/c1-15-11-5-4-9(10-6-8(10)7-14)12(16-2)13(11)17-3/h4-5,7-8,10H,6H2,1-3H3. The number of ether oxygens (including phenoxy) is 3. The molecule has 92 valence electrons. The lowest BCUT2D eigenvalue weighted by Crippen LogP contribution is -1.98. The van der Waals surface area contributed by atoms with Crippen LogP contribution in [0, 0.1) is 5.92 Å². The van der Waals surface area contributed by atoms with E-state index in [1.54, 1.807) is 21.3 Å². The van der Waals surface area contributed by atoms with E-state index < -0.39 is 0 Å². The van der Waals surface area contributed by atoms with Crippen molar-refractivity contribution in [3.8, 4) is 17.2 Å². The van der Waals surface area contributed by atoms with Crippen molar-refractivity contribution in [1.82, 2.24) is 0 Å². The number of methoxy groups -OCH3 is 3. The van der Waals surface area contributed by atoms with Gasteiger partial charge in [0.15, 0.2) is 11.5 Å². The minimum Gasteiger partial charge on any atom is -0.493 e. The van der Waals surface area contributed by atoms with Crippen molar-refractivity contribution in [1.29, 1.82) is 0 Å². The van der Waals surface area contributed by atoms with Gasteiger partial charge >= 0.3 is 0 Å². The van der Waals surface area contributed by atoms with Crippen LogP contribution in [-0.4, -0.2) is 27.6 Å². The van der Waals surface area contributed by atoms with Crippen LogP contribution >= 0.6 is 0 Å². The highest BCUT2D eigenvalue weighted by Gasteiger charge is 2.40. The lowest BCUT2D eigenvalue weighted by atomic mass is 10.1. The molecule has 0 heterocycles. The van der Waals surface area contributed by atoms with Crippen LogP contribution in [-0.2, 0) is 4.79 Å². The van der Waals surface area contributed by atoms with E-state index in [0.29, 0.717) is 17.2 Å². The van der Waals surface area contributed by atoms with E-state index in [-0.39, 0.29) is 11.8 Å². The van der Waals surface area contributed by atoms with Crippen molar-refractivity contribution < 1.29 is 19.0 Å². The Balaban J connectivity index is 2.43. The van der Waals surface area contributed by atoms with E-state index >= 15 is 0 Å². The summed E-state index contributed by atoms with van der Waals surface area (Å²) in [6.45, 7) is 0. The summed E-state index contributed by atoms with van der Waals surface area (Å²) in [5.41, 5.74) is 1.02. The van der Waals surface area contributed by atoms with Crippen molar-refractivity contribution in [2.45, 2.75) is 12.3 Å². The van der Waals surface area contributed by atoms with Gasteiger partial charge in [-0.25, -0.2) is 0 Å². The fourth-order valence-corrected chi connectivity index (χ4v) is 2.14. The van der Waals surface area contributed by atoms with Gasteiger partial charge in [-0.05, 0) is 18.4 Å². The molecule has 2 rings (SSSR count). The Morgan fingerprint density at radius 3 is 2.29 bits per heavy atom. The molecule has 0 saturated heterocycles. The highest BCUT2D eigenvalue weighted by Crippen LogP contribution is 2.53. The summed E-state index contributed by atoms with van der Waals surface area (Å²) < 4.78 is 15.9. The van der Waals surface area contributed by atoms with E-state index in [1.165, 1.54) is 0 Å². The van der Waals surface area contributed by atoms with Gasteiger partial charge < -0.3 is 19.0 Å². The van der Waals surface area contributed by atoms with Crippen molar-refractivity contribution >= 4 is 6.29 Å². The minimum atomic E-state index is 0.113. The number of rotatable bonds is 5. The molecule has 0 aliphatic heterocycles. The summed E-state index contributed by atoms with van der Waals surface area (Å²) in [6, 6.07) is 3.78. The summed E-state index contributed by atoms with van der Waals surface area (Å²) in [5.74, 6) is 2.26. The Labute approximate surface area is 100 Å². The molecule has 1 fully saturated rings. The Morgan fingerprint density at radius 1 is 1.12 bits per heavy atom. The van der Waals surface area contributed by atoms with Crippen molar-refractivity contribution in [2.24, 2.45) is 5.92 Å². The normalized spacial score (nSPS) is 21.8. The van der Waals surface area contributed by atoms with Crippen molar-refractivity contribution in [3.63, 3.8) is 0 Å². The van der Waals surface area contributed by atoms with E-state index in [0.717, 1.165) is 18.3 Å². The highest BCUT2D eigenvalue weighted by molar-refractivity contribution is 5.65. The predicted octanol–water partition coefficient (Wildman–Crippen LogP) is 2.01. The van der Waals surface area contributed by atoms with Crippen LogP contribution in [0.2, 0.25) is 0 Å². The topological polar surface area (TPSA) is 44.8 Å². The van der Waals surface area contributed by atoms with Crippen LogP contribution in [0.1, 0.15) is 17.9 Å². The average Bonchev–Trinajstić information content (AvgIpc) is 3.15. The third-order valence-electron chi connectivity index (χ3n) is 3.15. The maximum atomic E-state index is 10.7. The van der Waals surface area contributed by atoms with E-state index in [9.17, 15) is 4.79 Å². The summed E-state index contributed by atoms with van der Waals surface area (Å²) in [6.07, 6.45) is 1.89. The van der Waals surface area contributed by atoms with Gasteiger partial charge in [0.25, 0.3) is 0 Å². The Bertz CT molecular complexity index is 428. The largest absolute Gasteiger partial charge is 0.493 e. The fraction of sp³-hybridized carbons (Fsp3) is 0.462. The molecule has 0 N–H and O–H groups in total.